The highest BCUT2D eigenvalue weighted by atomic mass is 31.2. The van der Waals surface area contributed by atoms with E-state index in [2.05, 4.69) is 55.4 Å². The summed E-state index contributed by atoms with van der Waals surface area (Å²) in [5.41, 5.74) is 0. The Morgan fingerprint density at radius 3 is 0.724 bits per heavy atom. The molecule has 0 saturated heterocycles. The van der Waals surface area contributed by atoms with Crippen LogP contribution in [0.1, 0.15) is 402 Å². The van der Waals surface area contributed by atoms with Gasteiger partial charge in [-0.15, -0.1) is 0 Å². The van der Waals surface area contributed by atoms with Gasteiger partial charge in [0, 0.05) is 25.7 Å². The third kappa shape index (κ3) is 68.5. The van der Waals surface area contributed by atoms with Crippen LogP contribution in [0.15, 0.2) is 0 Å². The van der Waals surface area contributed by atoms with Crippen molar-refractivity contribution < 1.29 is 80.2 Å². The van der Waals surface area contributed by atoms with Crippen molar-refractivity contribution in [3.05, 3.63) is 0 Å². The topological polar surface area (TPSA) is 237 Å². The largest absolute Gasteiger partial charge is 0.472 e. The van der Waals surface area contributed by atoms with Crippen molar-refractivity contribution in [2.24, 2.45) is 23.7 Å². The molecule has 0 spiro atoms. The van der Waals surface area contributed by atoms with Crippen molar-refractivity contribution in [1.29, 1.82) is 0 Å². The molecule has 0 aromatic rings. The first-order valence-corrected chi connectivity index (χ1v) is 43.8. The van der Waals surface area contributed by atoms with Gasteiger partial charge in [-0.1, -0.05) is 351 Å². The van der Waals surface area contributed by atoms with Gasteiger partial charge in [-0.3, -0.25) is 37.3 Å². The highest BCUT2D eigenvalue weighted by Gasteiger charge is 2.30. The molecule has 0 heterocycles. The van der Waals surface area contributed by atoms with Crippen molar-refractivity contribution in [1.82, 2.24) is 0 Å². The molecule has 0 aliphatic rings. The minimum absolute atomic E-state index is 0.104. The molecule has 0 amide bonds. The van der Waals surface area contributed by atoms with Gasteiger partial charge in [-0.05, 0) is 49.4 Å². The Hall–Kier alpha value is -1.94. The molecule has 0 aromatic heterocycles. The number of rotatable bonds is 76. The van der Waals surface area contributed by atoms with E-state index in [-0.39, 0.29) is 25.7 Å². The molecular formula is C79H154O17P2. The van der Waals surface area contributed by atoms with Crippen LogP contribution in [0.4, 0.5) is 0 Å². The molecule has 0 rings (SSSR count). The maximum Gasteiger partial charge on any atom is 0.472 e. The van der Waals surface area contributed by atoms with Crippen LogP contribution >= 0.6 is 15.6 Å². The molecule has 3 N–H and O–H groups in total. The van der Waals surface area contributed by atoms with Gasteiger partial charge in [-0.25, -0.2) is 9.13 Å². The number of hydrogen-bond acceptors (Lipinski definition) is 15. The summed E-state index contributed by atoms with van der Waals surface area (Å²) >= 11 is 0. The highest BCUT2D eigenvalue weighted by Crippen LogP contribution is 2.45. The Kier molecular flexibility index (Phi) is 66.8. The predicted molar refractivity (Wildman–Crippen MR) is 400 cm³/mol. The Labute approximate surface area is 600 Å². The van der Waals surface area contributed by atoms with Crippen LogP contribution in [0.3, 0.4) is 0 Å². The molecule has 0 fully saturated rings. The number of phosphoric acid groups is 2. The van der Waals surface area contributed by atoms with Crippen LogP contribution in [0.5, 0.6) is 0 Å². The summed E-state index contributed by atoms with van der Waals surface area (Å²) in [5, 5.41) is 10.6. The fourth-order valence-corrected chi connectivity index (χ4v) is 13.6. The molecule has 19 heteroatoms. The van der Waals surface area contributed by atoms with Crippen LogP contribution in [0.2, 0.25) is 0 Å². The Balaban J connectivity index is 5.25. The van der Waals surface area contributed by atoms with Gasteiger partial charge in [0.15, 0.2) is 12.2 Å². The lowest BCUT2D eigenvalue weighted by Gasteiger charge is -2.21. The number of ether oxygens (including phenoxy) is 4. The molecule has 0 aliphatic carbocycles. The highest BCUT2D eigenvalue weighted by molar-refractivity contribution is 7.47. The predicted octanol–water partition coefficient (Wildman–Crippen LogP) is 23.2. The second kappa shape index (κ2) is 68.2. The molecular weight excluding hydrogens is 1280 g/mol. The van der Waals surface area contributed by atoms with Crippen molar-refractivity contribution >= 4 is 39.5 Å². The average Bonchev–Trinajstić information content (AvgIpc) is 1.06. The number of phosphoric ester groups is 2. The minimum atomic E-state index is -4.96. The first-order chi connectivity index (χ1) is 47.2. The Morgan fingerprint density at radius 1 is 0.286 bits per heavy atom. The molecule has 582 valence electrons. The number of aliphatic hydroxyl groups excluding tert-OH is 1. The van der Waals surface area contributed by atoms with Gasteiger partial charge in [0.1, 0.15) is 19.3 Å². The zero-order valence-corrected chi connectivity index (χ0v) is 66.2. The molecule has 0 radical (unpaired) electrons. The molecule has 0 bridgehead atoms. The van der Waals surface area contributed by atoms with Gasteiger partial charge in [0.2, 0.25) is 0 Å². The second-order valence-electron chi connectivity index (χ2n) is 29.7. The van der Waals surface area contributed by atoms with Crippen LogP contribution in [-0.2, 0) is 65.4 Å². The molecule has 0 aliphatic heterocycles. The van der Waals surface area contributed by atoms with E-state index in [9.17, 15) is 43.2 Å². The standard InChI is InChI=1S/C79H154O17P2/c1-9-70(6)56-48-40-32-26-22-18-15-16-20-24-28-35-45-53-61-78(83)95-74(65-89-76(81)59-51-43-34-27-23-19-14-12-13-17-21-25-31-39-47-55-69(4)5)67-93-97(85,86)91-63-73(80)64-92-98(87,88)94-68-75(66-90-77(82)60-52-44-38-37-42-50-58-72(8)11-3)96-79(84)62-54-46-36-30-29-33-41-49-57-71(7)10-2/h69-75,80H,9-68H2,1-8H3,(H,85,86)(H,87,88)/t70?,71?,72?,73-,74-,75-/m1/s1. The maximum atomic E-state index is 13.1. The SMILES string of the molecule is CCC(C)CCCCCCCCCCCCCCCCC(=O)O[C@H](COC(=O)CCCCCCCCCCCCCCCCCC(C)C)COP(=O)(O)OC[C@@H](O)COP(=O)(O)OC[C@@H](COC(=O)CCCCCCCCC(C)CC)OC(=O)CCCCCCCCCCC(C)CC. The summed E-state index contributed by atoms with van der Waals surface area (Å²) in [6.45, 7) is 14.3. The van der Waals surface area contributed by atoms with Crippen LogP contribution in [0, 0.1) is 23.7 Å². The number of unbranched alkanes of at least 4 members (excludes halogenated alkanes) is 39. The fourth-order valence-electron chi connectivity index (χ4n) is 12.0. The van der Waals surface area contributed by atoms with Crippen molar-refractivity contribution in [3.63, 3.8) is 0 Å². The lowest BCUT2D eigenvalue weighted by atomic mass is 9.99. The fraction of sp³-hybridized carbons (Fsp3) is 0.949. The van der Waals surface area contributed by atoms with Crippen LogP contribution in [0.25, 0.3) is 0 Å². The summed E-state index contributed by atoms with van der Waals surface area (Å²) in [5.74, 6) is 1.03. The molecule has 0 saturated carbocycles. The van der Waals surface area contributed by atoms with Gasteiger partial charge in [-0.2, -0.15) is 0 Å². The lowest BCUT2D eigenvalue weighted by Crippen LogP contribution is -2.30. The van der Waals surface area contributed by atoms with Crippen LogP contribution < -0.4 is 0 Å². The van der Waals surface area contributed by atoms with Crippen molar-refractivity contribution in [2.45, 2.75) is 420 Å². The Morgan fingerprint density at radius 2 is 0.490 bits per heavy atom. The van der Waals surface area contributed by atoms with E-state index in [1.807, 2.05) is 0 Å². The third-order valence-corrected chi connectivity index (χ3v) is 21.3. The van der Waals surface area contributed by atoms with Gasteiger partial charge < -0.3 is 33.8 Å². The molecule has 5 unspecified atom stereocenters. The van der Waals surface area contributed by atoms with E-state index in [1.54, 1.807) is 0 Å². The Bertz CT molecular complexity index is 1930. The number of carbonyl (C=O) groups is 4. The van der Waals surface area contributed by atoms with E-state index in [4.69, 9.17) is 37.0 Å². The average molecular weight is 1440 g/mol. The normalized spacial score (nSPS) is 14.9. The van der Waals surface area contributed by atoms with E-state index < -0.39 is 97.5 Å². The van der Waals surface area contributed by atoms with Gasteiger partial charge >= 0.3 is 39.5 Å². The van der Waals surface area contributed by atoms with Crippen molar-refractivity contribution in [3.8, 4) is 0 Å². The monoisotopic (exact) mass is 1440 g/mol. The van der Waals surface area contributed by atoms with Crippen LogP contribution in [-0.4, -0.2) is 96.7 Å². The molecule has 98 heavy (non-hydrogen) atoms. The molecule has 17 nitrogen and oxygen atoms in total. The van der Waals surface area contributed by atoms with E-state index >= 15 is 0 Å². The first-order valence-electron chi connectivity index (χ1n) is 40.8. The quantitative estimate of drug-likeness (QED) is 0.0222. The van der Waals surface area contributed by atoms with E-state index in [1.165, 1.54) is 199 Å². The summed E-state index contributed by atoms with van der Waals surface area (Å²) < 4.78 is 68.6. The lowest BCUT2D eigenvalue weighted by molar-refractivity contribution is -0.161. The van der Waals surface area contributed by atoms with Gasteiger partial charge in [0.05, 0.1) is 26.4 Å². The minimum Gasteiger partial charge on any atom is -0.462 e. The number of esters is 4. The third-order valence-electron chi connectivity index (χ3n) is 19.4. The summed E-state index contributed by atoms with van der Waals surface area (Å²) in [7, 11) is -9.92. The first kappa shape index (κ1) is 96.1. The number of hydrogen-bond donors (Lipinski definition) is 3. The van der Waals surface area contributed by atoms with E-state index in [0.717, 1.165) is 120 Å². The molecule has 0 aromatic carbocycles. The van der Waals surface area contributed by atoms with E-state index in [0.29, 0.717) is 25.7 Å². The second-order valence-corrected chi connectivity index (χ2v) is 32.6. The van der Waals surface area contributed by atoms with Gasteiger partial charge in [0.25, 0.3) is 0 Å². The smallest absolute Gasteiger partial charge is 0.462 e. The maximum absolute atomic E-state index is 13.1. The number of aliphatic hydroxyl groups is 1. The summed E-state index contributed by atoms with van der Waals surface area (Å²) in [6, 6.07) is 0. The zero-order valence-electron chi connectivity index (χ0n) is 64.4. The zero-order chi connectivity index (χ0) is 72.4. The summed E-state index contributed by atoms with van der Waals surface area (Å²) in [4.78, 5) is 72.9. The van der Waals surface area contributed by atoms with Crippen molar-refractivity contribution in [2.75, 3.05) is 39.6 Å². The molecule has 8 atom stereocenters. The number of carbonyl (C=O) groups excluding carboxylic acids is 4. The summed E-state index contributed by atoms with van der Waals surface area (Å²) in [6.07, 6.45) is 54.0.